The zero-order valence-corrected chi connectivity index (χ0v) is 21.1. The lowest BCUT2D eigenvalue weighted by molar-refractivity contribution is -0.122. The van der Waals surface area contributed by atoms with Gasteiger partial charge in [-0.15, -0.1) is 24.0 Å². The van der Waals surface area contributed by atoms with Crippen molar-refractivity contribution in [2.45, 2.75) is 13.0 Å². The molecule has 1 atom stereocenters. The molecule has 0 aromatic heterocycles. The van der Waals surface area contributed by atoms with E-state index in [0.29, 0.717) is 32.0 Å². The molecule has 1 fully saturated rings. The smallest absolute Gasteiger partial charge is 0.234 e. The zero-order chi connectivity index (χ0) is 22.5. The summed E-state index contributed by atoms with van der Waals surface area (Å²) in [7, 11) is 1.60. The number of aliphatic imine (C=N–C) groups is 1. The first kappa shape index (κ1) is 28.3. The molecule has 1 aromatic carbocycles. The highest BCUT2D eigenvalue weighted by molar-refractivity contribution is 14.0. The van der Waals surface area contributed by atoms with Crippen LogP contribution in [0.5, 0.6) is 5.75 Å². The van der Waals surface area contributed by atoms with Gasteiger partial charge in [-0.05, 0) is 31.2 Å². The van der Waals surface area contributed by atoms with E-state index in [0.717, 1.165) is 32.1 Å². The third-order valence-electron chi connectivity index (χ3n) is 4.71. The number of nitrogens with zero attached hydrogens (tertiary/aromatic N) is 3. The summed E-state index contributed by atoms with van der Waals surface area (Å²) in [5, 5.41) is 16.3. The highest BCUT2D eigenvalue weighted by atomic mass is 127. The van der Waals surface area contributed by atoms with Crippen molar-refractivity contribution in [3.05, 3.63) is 30.1 Å². The molecule has 0 aliphatic carbocycles. The summed E-state index contributed by atoms with van der Waals surface area (Å²) in [5.41, 5.74) is 0. The van der Waals surface area contributed by atoms with E-state index < -0.39 is 6.10 Å². The molecule has 0 bridgehead atoms. The molecule has 0 saturated carbocycles. The van der Waals surface area contributed by atoms with E-state index in [1.807, 2.05) is 6.92 Å². The monoisotopic (exact) mass is 567 g/mol. The minimum Gasteiger partial charge on any atom is -0.491 e. The van der Waals surface area contributed by atoms with Crippen molar-refractivity contribution < 1.29 is 23.8 Å². The Labute approximate surface area is 206 Å². The van der Waals surface area contributed by atoms with Crippen molar-refractivity contribution >= 4 is 35.8 Å². The van der Waals surface area contributed by atoms with E-state index in [2.05, 4.69) is 25.4 Å². The molecule has 0 radical (unpaired) electrons. The number of methoxy groups -OCH3 is 1. The summed E-state index contributed by atoms with van der Waals surface area (Å²) in [6.45, 7) is 7.31. The van der Waals surface area contributed by atoms with E-state index >= 15 is 0 Å². The van der Waals surface area contributed by atoms with Crippen molar-refractivity contribution in [2.75, 3.05) is 72.7 Å². The fraction of sp³-hybridized carbons (Fsp3) is 0.619. The Kier molecular flexibility index (Phi) is 14.2. The summed E-state index contributed by atoms with van der Waals surface area (Å²) < 4.78 is 23.3. The summed E-state index contributed by atoms with van der Waals surface area (Å²) in [5.74, 6) is 0.890. The molecular formula is C21H35FIN5O4. The molecule has 11 heteroatoms. The van der Waals surface area contributed by atoms with Gasteiger partial charge in [0.1, 0.15) is 24.3 Å². The predicted molar refractivity (Wildman–Crippen MR) is 132 cm³/mol. The van der Waals surface area contributed by atoms with Crippen LogP contribution < -0.4 is 15.4 Å². The Bertz CT molecular complexity index is 687. The first-order valence-corrected chi connectivity index (χ1v) is 10.6. The van der Waals surface area contributed by atoms with Crippen LogP contribution in [0.3, 0.4) is 0 Å². The fourth-order valence-electron chi connectivity index (χ4n) is 3.06. The lowest BCUT2D eigenvalue weighted by atomic mass is 10.3. The van der Waals surface area contributed by atoms with Crippen LogP contribution in [0.2, 0.25) is 0 Å². The molecular weight excluding hydrogens is 532 g/mol. The fourth-order valence-corrected chi connectivity index (χ4v) is 3.06. The van der Waals surface area contributed by atoms with E-state index in [1.54, 1.807) is 7.11 Å². The number of piperazine rings is 1. The van der Waals surface area contributed by atoms with Crippen LogP contribution in [-0.2, 0) is 9.53 Å². The molecule has 1 aromatic rings. The maximum Gasteiger partial charge on any atom is 0.234 e. The second-order valence-electron chi connectivity index (χ2n) is 7.22. The van der Waals surface area contributed by atoms with E-state index in [4.69, 9.17) is 9.47 Å². The van der Waals surface area contributed by atoms with Crippen LogP contribution in [0.1, 0.15) is 6.92 Å². The maximum atomic E-state index is 12.9. The number of aliphatic hydroxyl groups is 1. The number of hydrogen-bond donors (Lipinski definition) is 3. The van der Waals surface area contributed by atoms with Crippen molar-refractivity contribution in [3.8, 4) is 5.75 Å². The van der Waals surface area contributed by atoms with Crippen molar-refractivity contribution in [1.82, 2.24) is 20.4 Å². The van der Waals surface area contributed by atoms with E-state index in [-0.39, 0.29) is 48.9 Å². The molecule has 1 amide bonds. The third-order valence-corrected chi connectivity index (χ3v) is 4.71. The number of rotatable bonds is 11. The van der Waals surface area contributed by atoms with Crippen LogP contribution in [0, 0.1) is 5.82 Å². The molecule has 0 spiro atoms. The summed E-state index contributed by atoms with van der Waals surface area (Å²) in [6, 6.07) is 5.66. The Balaban J connectivity index is 0.00000512. The standard InChI is InChI=1S/C21H34FN5O4.HI/c1-3-23-21(25-14-18(28)16-31-19-6-4-17(22)5-7-19)27-11-9-26(10-12-27)15-20(29)24-8-13-30-2;/h4-7,18,28H,3,8-16H2,1-2H3,(H,23,25)(H,24,29);1H. The topological polar surface area (TPSA) is 98.7 Å². The summed E-state index contributed by atoms with van der Waals surface area (Å²) >= 11 is 0. The Morgan fingerprint density at radius 2 is 1.91 bits per heavy atom. The molecule has 1 aliphatic rings. The van der Waals surface area contributed by atoms with Crippen LogP contribution in [-0.4, -0.2) is 106 Å². The average molecular weight is 567 g/mol. The van der Waals surface area contributed by atoms with Crippen LogP contribution in [0.15, 0.2) is 29.3 Å². The predicted octanol–water partition coefficient (Wildman–Crippen LogP) is 0.529. The third kappa shape index (κ3) is 10.7. The number of amides is 1. The Hall–Kier alpha value is -1.70. The van der Waals surface area contributed by atoms with E-state index in [1.165, 1.54) is 24.3 Å². The van der Waals surface area contributed by atoms with Gasteiger partial charge in [0.25, 0.3) is 0 Å². The number of carbonyl (C=O) groups is 1. The molecule has 1 unspecified atom stereocenters. The SMILES string of the molecule is CCNC(=NCC(O)COc1ccc(F)cc1)N1CCN(CC(=O)NCCOC)CC1.I. The maximum absolute atomic E-state index is 12.9. The first-order valence-electron chi connectivity index (χ1n) is 10.6. The van der Waals surface area contributed by atoms with Gasteiger partial charge in [-0.2, -0.15) is 0 Å². The van der Waals surface area contributed by atoms with Gasteiger partial charge >= 0.3 is 0 Å². The summed E-state index contributed by atoms with van der Waals surface area (Å²) in [6.07, 6.45) is -0.782. The van der Waals surface area contributed by atoms with Gasteiger partial charge in [0.05, 0.1) is 19.7 Å². The van der Waals surface area contributed by atoms with Gasteiger partial charge in [0.2, 0.25) is 5.91 Å². The molecule has 1 saturated heterocycles. The van der Waals surface area contributed by atoms with Crippen LogP contribution >= 0.6 is 24.0 Å². The second kappa shape index (κ2) is 16.0. The molecule has 32 heavy (non-hydrogen) atoms. The van der Waals surface area contributed by atoms with Crippen molar-refractivity contribution in [3.63, 3.8) is 0 Å². The average Bonchev–Trinajstić information content (AvgIpc) is 2.77. The molecule has 182 valence electrons. The number of hydrogen-bond acceptors (Lipinski definition) is 6. The number of halogens is 2. The van der Waals surface area contributed by atoms with Crippen LogP contribution in [0.4, 0.5) is 4.39 Å². The Morgan fingerprint density at radius 3 is 2.53 bits per heavy atom. The first-order chi connectivity index (χ1) is 15.0. The molecule has 3 N–H and O–H groups in total. The number of aliphatic hydroxyl groups excluding tert-OH is 1. The van der Waals surface area contributed by atoms with Gasteiger partial charge < -0.3 is 30.1 Å². The van der Waals surface area contributed by atoms with Crippen LogP contribution in [0.25, 0.3) is 0 Å². The number of benzene rings is 1. The van der Waals surface area contributed by atoms with Gasteiger partial charge in [-0.1, -0.05) is 0 Å². The molecule has 1 aliphatic heterocycles. The summed E-state index contributed by atoms with van der Waals surface area (Å²) in [4.78, 5) is 20.7. The molecule has 2 rings (SSSR count). The minimum atomic E-state index is -0.782. The lowest BCUT2D eigenvalue weighted by Gasteiger charge is -2.36. The quantitative estimate of drug-likeness (QED) is 0.155. The van der Waals surface area contributed by atoms with Gasteiger partial charge in [-0.25, -0.2) is 4.39 Å². The number of nitrogens with one attached hydrogen (secondary N) is 2. The van der Waals surface area contributed by atoms with Gasteiger partial charge in [0, 0.05) is 46.4 Å². The normalized spacial score (nSPS) is 15.6. The number of ether oxygens (including phenoxy) is 2. The highest BCUT2D eigenvalue weighted by Gasteiger charge is 2.21. The van der Waals surface area contributed by atoms with Gasteiger partial charge in [-0.3, -0.25) is 14.7 Å². The van der Waals surface area contributed by atoms with Gasteiger partial charge in [0.15, 0.2) is 5.96 Å². The number of guanidine groups is 1. The van der Waals surface area contributed by atoms with Crippen molar-refractivity contribution in [1.29, 1.82) is 0 Å². The molecule has 9 nitrogen and oxygen atoms in total. The number of carbonyl (C=O) groups excluding carboxylic acids is 1. The van der Waals surface area contributed by atoms with E-state index in [9.17, 15) is 14.3 Å². The highest BCUT2D eigenvalue weighted by Crippen LogP contribution is 2.11. The zero-order valence-electron chi connectivity index (χ0n) is 18.8. The minimum absolute atomic E-state index is 0. The lowest BCUT2D eigenvalue weighted by Crippen LogP contribution is -2.54. The Morgan fingerprint density at radius 1 is 1.22 bits per heavy atom. The van der Waals surface area contributed by atoms with Crippen molar-refractivity contribution in [2.24, 2.45) is 4.99 Å². The second-order valence-corrected chi connectivity index (χ2v) is 7.22. The largest absolute Gasteiger partial charge is 0.491 e. The molecule has 1 heterocycles.